The lowest BCUT2D eigenvalue weighted by Gasteiger charge is -2.18. The number of hydrogen-bond donors (Lipinski definition) is 2. The molecule has 0 aromatic rings. The van der Waals surface area contributed by atoms with Crippen LogP contribution in [-0.2, 0) is 0 Å². The van der Waals surface area contributed by atoms with E-state index < -0.39 is 0 Å². The van der Waals surface area contributed by atoms with Gasteiger partial charge in [0.25, 0.3) is 0 Å². The molecular weight excluding hydrogens is 168 g/mol. The first kappa shape index (κ1) is 12.4. The Hall–Kier alpha value is -0.580. The van der Waals surface area contributed by atoms with Crippen molar-refractivity contribution >= 4 is 0 Å². The lowest BCUT2D eigenvalue weighted by Crippen LogP contribution is -2.30. The molecule has 0 aromatic heterocycles. The third-order valence-electron chi connectivity index (χ3n) is 1.60. The molecule has 0 radical (unpaired) electrons. The third kappa shape index (κ3) is 7.77. The molecule has 0 aliphatic carbocycles. The summed E-state index contributed by atoms with van der Waals surface area (Å²) in [6.07, 6.45) is 3.97. The van der Waals surface area contributed by atoms with E-state index in [9.17, 15) is 0 Å². The van der Waals surface area contributed by atoms with Gasteiger partial charge < -0.3 is 15.1 Å². The molecule has 78 valence electrons. The van der Waals surface area contributed by atoms with Crippen LogP contribution in [0.3, 0.4) is 0 Å². The third-order valence-corrected chi connectivity index (χ3v) is 1.60. The van der Waals surface area contributed by atoms with Gasteiger partial charge in [0.05, 0.1) is 13.2 Å². The Bertz CT molecular complexity index is 132. The van der Waals surface area contributed by atoms with Gasteiger partial charge in [0.15, 0.2) is 0 Å². The Kier molecular flexibility index (Phi) is 7.68. The van der Waals surface area contributed by atoms with E-state index in [4.69, 9.17) is 10.2 Å². The molecular formula is C9H20N2O2. The van der Waals surface area contributed by atoms with Crippen LogP contribution in [0.1, 0.15) is 0 Å². The summed E-state index contributed by atoms with van der Waals surface area (Å²) in [5.41, 5.74) is 0. The van der Waals surface area contributed by atoms with Crippen LogP contribution in [0, 0.1) is 0 Å². The lowest BCUT2D eigenvalue weighted by atomic mass is 10.4. The number of nitrogens with zero attached hydrogens (tertiary/aromatic N) is 2. The van der Waals surface area contributed by atoms with Crippen LogP contribution in [0.25, 0.3) is 0 Å². The van der Waals surface area contributed by atoms with Gasteiger partial charge >= 0.3 is 0 Å². The Morgan fingerprint density at radius 1 is 1.08 bits per heavy atom. The van der Waals surface area contributed by atoms with Crippen LogP contribution < -0.4 is 0 Å². The van der Waals surface area contributed by atoms with Crippen LogP contribution in [0.2, 0.25) is 0 Å². The largest absolute Gasteiger partial charge is 0.395 e. The van der Waals surface area contributed by atoms with Crippen molar-refractivity contribution in [2.45, 2.75) is 0 Å². The first-order chi connectivity index (χ1) is 6.20. The van der Waals surface area contributed by atoms with Gasteiger partial charge in [-0.3, -0.25) is 4.90 Å². The molecule has 0 rings (SSSR count). The topological polar surface area (TPSA) is 46.9 Å². The highest BCUT2D eigenvalue weighted by atomic mass is 16.3. The molecule has 0 fully saturated rings. The second-order valence-electron chi connectivity index (χ2n) is 3.10. The second kappa shape index (κ2) is 8.04. The molecule has 13 heavy (non-hydrogen) atoms. The fourth-order valence-electron chi connectivity index (χ4n) is 0.984. The average Bonchev–Trinajstić information content (AvgIpc) is 2.04. The Morgan fingerprint density at radius 2 is 1.62 bits per heavy atom. The van der Waals surface area contributed by atoms with Crippen LogP contribution in [0.4, 0.5) is 0 Å². The van der Waals surface area contributed by atoms with E-state index in [1.165, 1.54) is 0 Å². The Labute approximate surface area is 80.1 Å². The smallest absolute Gasteiger partial charge is 0.0558 e. The van der Waals surface area contributed by atoms with Gasteiger partial charge in [0.2, 0.25) is 0 Å². The summed E-state index contributed by atoms with van der Waals surface area (Å²) in [6, 6.07) is 0. The maximum atomic E-state index is 8.71. The number of hydrogen-bond acceptors (Lipinski definition) is 4. The molecule has 0 heterocycles. The number of rotatable bonds is 7. The van der Waals surface area contributed by atoms with E-state index in [1.807, 2.05) is 36.2 Å². The Morgan fingerprint density at radius 3 is 2.00 bits per heavy atom. The van der Waals surface area contributed by atoms with E-state index in [2.05, 4.69) is 0 Å². The summed E-state index contributed by atoms with van der Waals surface area (Å²) in [4.78, 5) is 3.94. The fraction of sp³-hybridized carbons (Fsp3) is 0.778. The van der Waals surface area contributed by atoms with Crippen molar-refractivity contribution in [2.75, 3.05) is 46.9 Å². The van der Waals surface area contributed by atoms with Crippen molar-refractivity contribution in [1.82, 2.24) is 9.80 Å². The zero-order chi connectivity index (χ0) is 10.1. The monoisotopic (exact) mass is 188 g/mol. The van der Waals surface area contributed by atoms with Crippen molar-refractivity contribution in [2.24, 2.45) is 0 Å². The normalized spacial score (nSPS) is 11.5. The molecule has 0 atom stereocenters. The molecule has 0 amide bonds. The van der Waals surface area contributed by atoms with Gasteiger partial charge in [-0.05, 0) is 6.20 Å². The van der Waals surface area contributed by atoms with Gasteiger partial charge in [-0.1, -0.05) is 6.08 Å². The second-order valence-corrected chi connectivity index (χ2v) is 3.10. The van der Waals surface area contributed by atoms with Gasteiger partial charge in [0, 0.05) is 33.7 Å². The molecule has 0 spiro atoms. The van der Waals surface area contributed by atoms with E-state index >= 15 is 0 Å². The quantitative estimate of drug-likeness (QED) is 0.557. The zero-order valence-electron chi connectivity index (χ0n) is 8.48. The minimum atomic E-state index is 0.135. The summed E-state index contributed by atoms with van der Waals surface area (Å²) in [6.45, 7) is 2.25. The fourth-order valence-corrected chi connectivity index (χ4v) is 0.984. The molecule has 0 saturated heterocycles. The highest BCUT2D eigenvalue weighted by Gasteiger charge is 1.99. The van der Waals surface area contributed by atoms with Gasteiger partial charge in [0.1, 0.15) is 0 Å². The highest BCUT2D eigenvalue weighted by molar-refractivity contribution is 4.82. The van der Waals surface area contributed by atoms with Gasteiger partial charge in [-0.25, -0.2) is 0 Å². The van der Waals surface area contributed by atoms with E-state index in [0.717, 1.165) is 6.54 Å². The summed E-state index contributed by atoms with van der Waals surface area (Å²) in [5.74, 6) is 0. The molecule has 4 heteroatoms. The standard InChI is InChI=1S/C9H20N2O2/c1-10(2)4-3-5-11(6-8-12)7-9-13/h3-4,12-13H,5-9H2,1-2H3. The van der Waals surface area contributed by atoms with Crippen molar-refractivity contribution in [1.29, 1.82) is 0 Å². The summed E-state index contributed by atoms with van der Waals surface area (Å²) < 4.78 is 0. The summed E-state index contributed by atoms with van der Waals surface area (Å²) in [7, 11) is 3.91. The summed E-state index contributed by atoms with van der Waals surface area (Å²) >= 11 is 0. The molecule has 4 nitrogen and oxygen atoms in total. The minimum absolute atomic E-state index is 0.135. The van der Waals surface area contributed by atoms with Crippen LogP contribution in [0.15, 0.2) is 12.3 Å². The zero-order valence-corrected chi connectivity index (χ0v) is 8.48. The predicted molar refractivity (Wildman–Crippen MR) is 53.4 cm³/mol. The summed E-state index contributed by atoms with van der Waals surface area (Å²) in [5, 5.41) is 17.4. The molecule has 0 unspecified atom stereocenters. The minimum Gasteiger partial charge on any atom is -0.395 e. The van der Waals surface area contributed by atoms with Crippen molar-refractivity contribution in [3.8, 4) is 0 Å². The maximum Gasteiger partial charge on any atom is 0.0558 e. The van der Waals surface area contributed by atoms with Crippen molar-refractivity contribution in [3.05, 3.63) is 12.3 Å². The maximum absolute atomic E-state index is 8.71. The molecule has 0 saturated carbocycles. The molecule has 2 N–H and O–H groups in total. The Balaban J connectivity index is 3.67. The average molecular weight is 188 g/mol. The first-order valence-corrected chi connectivity index (χ1v) is 4.48. The van der Waals surface area contributed by atoms with Crippen LogP contribution in [0.5, 0.6) is 0 Å². The van der Waals surface area contributed by atoms with Gasteiger partial charge in [-0.15, -0.1) is 0 Å². The number of aliphatic hydroxyl groups is 2. The SMILES string of the molecule is CN(C)C=CCN(CCO)CCO. The molecule has 0 bridgehead atoms. The van der Waals surface area contributed by atoms with Crippen molar-refractivity contribution in [3.63, 3.8) is 0 Å². The molecule has 0 aromatic carbocycles. The lowest BCUT2D eigenvalue weighted by molar-refractivity contribution is 0.172. The van der Waals surface area contributed by atoms with E-state index in [1.54, 1.807) is 0 Å². The van der Waals surface area contributed by atoms with Gasteiger partial charge in [-0.2, -0.15) is 0 Å². The van der Waals surface area contributed by atoms with Crippen LogP contribution >= 0.6 is 0 Å². The number of aliphatic hydroxyl groups excluding tert-OH is 2. The van der Waals surface area contributed by atoms with E-state index in [0.29, 0.717) is 13.1 Å². The van der Waals surface area contributed by atoms with Crippen LogP contribution in [-0.4, -0.2) is 67.0 Å². The molecule has 0 aliphatic rings. The highest BCUT2D eigenvalue weighted by Crippen LogP contribution is 1.88. The van der Waals surface area contributed by atoms with E-state index in [-0.39, 0.29) is 13.2 Å². The molecule has 0 aliphatic heterocycles. The first-order valence-electron chi connectivity index (χ1n) is 4.48. The predicted octanol–water partition coefficient (Wildman–Crippen LogP) is -0.652. The van der Waals surface area contributed by atoms with Crippen molar-refractivity contribution < 1.29 is 10.2 Å².